The first-order valence-corrected chi connectivity index (χ1v) is 20.3. The van der Waals surface area contributed by atoms with Crippen molar-refractivity contribution in [3.63, 3.8) is 0 Å². The average Bonchev–Trinajstić information content (AvgIpc) is 3.78. The maximum atomic E-state index is 2.59. The number of hydrogen-bond acceptors (Lipinski definition) is 0. The largest absolute Gasteiger partial charge is 0.309 e. The summed E-state index contributed by atoms with van der Waals surface area (Å²) in [7, 11) is 0. The van der Waals surface area contributed by atoms with Crippen molar-refractivity contribution in [1.82, 2.24) is 4.57 Å². The molecule has 0 bridgehead atoms. The van der Waals surface area contributed by atoms with Gasteiger partial charge in [0.25, 0.3) is 0 Å². The Hall–Kier alpha value is -6.96. The number of allylic oxidation sites excluding steroid dienone is 4. The molecule has 268 valence electrons. The van der Waals surface area contributed by atoms with Crippen molar-refractivity contribution in [1.29, 1.82) is 0 Å². The molecule has 9 aromatic rings. The third-order valence-electron chi connectivity index (χ3n) is 13.0. The number of nitrogens with zero attached hydrogens (tertiary/aromatic N) is 1. The van der Waals surface area contributed by atoms with Crippen LogP contribution in [0.15, 0.2) is 206 Å². The fourth-order valence-electron chi connectivity index (χ4n) is 10.6. The lowest BCUT2D eigenvalue weighted by molar-refractivity contribution is 0.686. The number of hydrogen-bond donors (Lipinski definition) is 0. The summed E-state index contributed by atoms with van der Waals surface area (Å²) in [6.45, 7) is 0. The van der Waals surface area contributed by atoms with E-state index >= 15 is 0 Å². The number of benzene rings is 8. The summed E-state index contributed by atoms with van der Waals surface area (Å²) in [5.41, 5.74) is 22.4. The molecule has 0 saturated carbocycles. The van der Waals surface area contributed by atoms with Gasteiger partial charge in [0.15, 0.2) is 0 Å². The summed E-state index contributed by atoms with van der Waals surface area (Å²) in [6.07, 6.45) is 5.42. The third kappa shape index (κ3) is 4.69. The van der Waals surface area contributed by atoms with E-state index in [2.05, 4.69) is 205 Å². The molecule has 1 aromatic heterocycles. The maximum absolute atomic E-state index is 2.59. The molecule has 0 N–H and O–H groups in total. The monoisotopic (exact) mass is 725 g/mol. The van der Waals surface area contributed by atoms with Gasteiger partial charge in [0, 0.05) is 10.8 Å². The maximum Gasteiger partial charge on any atom is 0.0717 e. The van der Waals surface area contributed by atoms with Crippen molar-refractivity contribution < 1.29 is 0 Å². The molecule has 0 amide bonds. The minimum absolute atomic E-state index is 0.416. The van der Waals surface area contributed by atoms with Crippen molar-refractivity contribution in [3.8, 4) is 27.9 Å². The first-order valence-electron chi connectivity index (χ1n) is 20.3. The second kappa shape index (κ2) is 12.5. The van der Waals surface area contributed by atoms with Crippen LogP contribution >= 0.6 is 0 Å². The van der Waals surface area contributed by atoms with Gasteiger partial charge >= 0.3 is 0 Å². The molecule has 2 aliphatic carbocycles. The zero-order chi connectivity index (χ0) is 37.5. The van der Waals surface area contributed by atoms with E-state index in [0.717, 1.165) is 19.3 Å². The van der Waals surface area contributed by atoms with Crippen molar-refractivity contribution >= 4 is 33.0 Å². The third-order valence-corrected chi connectivity index (χ3v) is 13.0. The molecular formula is C56H39N. The molecular weight excluding hydrogens is 687 g/mol. The number of fused-ring (bicyclic) bond motifs is 11. The SMILES string of the molecule is C1=C(c2cc(-c3ccccc3)cc(-c3ccccc3)c2)CCC2=C1c1c(Cc3ccccc3)cccc1C21c2ccccc2-n2c3ccccc3c3cccc1c32. The number of aromatic nitrogens is 1. The van der Waals surface area contributed by atoms with Crippen LogP contribution in [0, 0.1) is 0 Å². The predicted octanol–water partition coefficient (Wildman–Crippen LogP) is 14.0. The van der Waals surface area contributed by atoms with Crippen LogP contribution in [0.2, 0.25) is 0 Å². The zero-order valence-corrected chi connectivity index (χ0v) is 31.6. The highest BCUT2D eigenvalue weighted by Gasteiger charge is 2.52. The minimum atomic E-state index is -0.416. The summed E-state index contributed by atoms with van der Waals surface area (Å²) in [6, 6.07) is 72.4. The van der Waals surface area contributed by atoms with E-state index in [1.165, 1.54) is 105 Å². The molecule has 1 atom stereocenters. The van der Waals surface area contributed by atoms with Crippen LogP contribution in [0.5, 0.6) is 0 Å². The van der Waals surface area contributed by atoms with E-state index in [4.69, 9.17) is 0 Å². The molecule has 1 heteroatoms. The Morgan fingerprint density at radius 2 is 1.05 bits per heavy atom. The standard InChI is InChI=1S/C56H39N/c1-4-16-37(17-5-1)32-41-22-14-26-50-54(41)47-36-40(44-34-42(38-18-6-2-7-19-38)33-43(35-44)39-20-8-3-9-21-39)30-31-48(47)56(50)49-25-11-13-29-53(49)57-52-28-12-10-23-45(52)46-24-15-27-51(56)55(46)57/h1-29,33-36H,30-32H2. The molecule has 0 saturated heterocycles. The zero-order valence-electron chi connectivity index (χ0n) is 31.6. The highest BCUT2D eigenvalue weighted by atomic mass is 15.0. The Kier molecular flexibility index (Phi) is 7.10. The highest BCUT2D eigenvalue weighted by molar-refractivity contribution is 6.13. The molecule has 1 nitrogen and oxygen atoms in total. The topological polar surface area (TPSA) is 4.93 Å². The summed E-state index contributed by atoms with van der Waals surface area (Å²) < 4.78 is 2.55. The van der Waals surface area contributed by atoms with Gasteiger partial charge in [-0.15, -0.1) is 0 Å². The van der Waals surface area contributed by atoms with Crippen LogP contribution in [0.3, 0.4) is 0 Å². The van der Waals surface area contributed by atoms with E-state index in [9.17, 15) is 0 Å². The number of para-hydroxylation sites is 3. The molecule has 1 spiro atoms. The Labute approximate surface area is 333 Å². The van der Waals surface area contributed by atoms with Crippen LogP contribution in [0.25, 0.3) is 60.9 Å². The van der Waals surface area contributed by atoms with Gasteiger partial charge in [-0.1, -0.05) is 170 Å². The second-order valence-electron chi connectivity index (χ2n) is 15.9. The quantitative estimate of drug-likeness (QED) is 0.166. The van der Waals surface area contributed by atoms with E-state index in [1.807, 2.05) is 0 Å². The van der Waals surface area contributed by atoms with Gasteiger partial charge in [-0.05, 0) is 128 Å². The average molecular weight is 726 g/mol. The minimum Gasteiger partial charge on any atom is -0.309 e. The van der Waals surface area contributed by atoms with Gasteiger partial charge in [-0.25, -0.2) is 0 Å². The molecule has 12 rings (SSSR count). The van der Waals surface area contributed by atoms with Gasteiger partial charge in [-0.2, -0.15) is 0 Å². The van der Waals surface area contributed by atoms with E-state index in [1.54, 1.807) is 0 Å². The molecule has 2 heterocycles. The molecule has 57 heavy (non-hydrogen) atoms. The van der Waals surface area contributed by atoms with Crippen molar-refractivity contribution in [3.05, 3.63) is 245 Å². The Morgan fingerprint density at radius 3 is 1.82 bits per heavy atom. The van der Waals surface area contributed by atoms with Crippen LogP contribution < -0.4 is 0 Å². The molecule has 1 unspecified atom stereocenters. The van der Waals surface area contributed by atoms with Gasteiger partial charge in [0.1, 0.15) is 0 Å². The summed E-state index contributed by atoms with van der Waals surface area (Å²) in [4.78, 5) is 0. The van der Waals surface area contributed by atoms with Gasteiger partial charge < -0.3 is 4.57 Å². The molecule has 0 radical (unpaired) electrons. The summed E-state index contributed by atoms with van der Waals surface area (Å²) in [5, 5.41) is 2.64. The fraction of sp³-hybridized carbons (Fsp3) is 0.0714. The van der Waals surface area contributed by atoms with Crippen LogP contribution in [0.1, 0.15) is 51.8 Å². The van der Waals surface area contributed by atoms with Crippen molar-refractivity contribution in [2.75, 3.05) is 0 Å². The van der Waals surface area contributed by atoms with E-state index in [-0.39, 0.29) is 0 Å². The summed E-state index contributed by atoms with van der Waals surface area (Å²) >= 11 is 0. The lowest BCUT2D eigenvalue weighted by atomic mass is 9.63. The van der Waals surface area contributed by atoms with Gasteiger partial charge in [0.2, 0.25) is 0 Å². The second-order valence-corrected chi connectivity index (χ2v) is 15.9. The molecule has 8 aromatic carbocycles. The van der Waals surface area contributed by atoms with E-state index in [0.29, 0.717) is 0 Å². The molecule has 0 fully saturated rings. The Morgan fingerprint density at radius 1 is 0.456 bits per heavy atom. The number of rotatable bonds is 5. The van der Waals surface area contributed by atoms with E-state index < -0.39 is 5.41 Å². The van der Waals surface area contributed by atoms with Crippen molar-refractivity contribution in [2.45, 2.75) is 24.7 Å². The first kappa shape index (κ1) is 32.3. The van der Waals surface area contributed by atoms with Crippen LogP contribution in [0.4, 0.5) is 0 Å². The normalized spacial score (nSPS) is 16.5. The van der Waals surface area contributed by atoms with Crippen LogP contribution in [-0.2, 0) is 11.8 Å². The highest BCUT2D eigenvalue weighted by Crippen LogP contribution is 2.63. The Balaban J connectivity index is 1.16. The smallest absolute Gasteiger partial charge is 0.0717 e. The predicted molar refractivity (Wildman–Crippen MR) is 238 cm³/mol. The summed E-state index contributed by atoms with van der Waals surface area (Å²) in [5.74, 6) is 0. The Bertz CT molecular complexity index is 3070. The fourth-order valence-corrected chi connectivity index (χ4v) is 10.6. The molecule has 3 aliphatic rings. The lowest BCUT2D eigenvalue weighted by Crippen LogP contribution is -2.35. The van der Waals surface area contributed by atoms with Crippen LogP contribution in [-0.4, -0.2) is 4.57 Å². The lowest BCUT2D eigenvalue weighted by Gasteiger charge is -2.41. The van der Waals surface area contributed by atoms with Gasteiger partial charge in [0.05, 0.1) is 22.1 Å². The first-order chi connectivity index (χ1) is 28.3. The molecule has 1 aliphatic heterocycles. The van der Waals surface area contributed by atoms with Gasteiger partial charge in [-0.3, -0.25) is 0 Å². The van der Waals surface area contributed by atoms with Crippen molar-refractivity contribution in [2.24, 2.45) is 0 Å².